The average Bonchev–Trinajstić information content (AvgIpc) is 0.757. The fourth-order valence-corrected chi connectivity index (χ4v) is 25.3. The minimum atomic E-state index is -2.98. The summed E-state index contributed by atoms with van der Waals surface area (Å²) in [7, 11) is -5.96. The summed E-state index contributed by atoms with van der Waals surface area (Å²) in [6.07, 6.45) is 0. The largest absolute Gasteiger partial charge is 0.311 e. The van der Waals surface area contributed by atoms with Crippen LogP contribution in [0.3, 0.4) is 0 Å². The molecule has 16 rings (SSSR count). The minimum absolute atomic E-state index is 0.0876. The summed E-state index contributed by atoms with van der Waals surface area (Å²) in [4.78, 5) is 7.84. The lowest BCUT2D eigenvalue weighted by Crippen LogP contribution is -2.74. The summed E-state index contributed by atoms with van der Waals surface area (Å²) in [5, 5.41) is 10.7. The van der Waals surface area contributed by atoms with Crippen molar-refractivity contribution >= 4 is 132 Å². The molecule has 3 aliphatic heterocycles. The Morgan fingerprint density at radius 2 is 0.562 bits per heavy atom. The SMILES string of the molecule is Cc1ccc2c(c1)B1c3cc(C)ccc3N(c3cccc([Si](c4ccccc4)(c4ccccc4)c4ccccc4)c3)c3cc(N4c5ccccc5C(C)(C)c5ccccc54)cc(c31)N2c1cccc([Si](c2ccccc2)(c2ccccc2)c2ccccc2)c1. The molecule has 3 aliphatic rings. The van der Waals surface area contributed by atoms with E-state index in [1.807, 2.05) is 0 Å². The number of rotatable bonds is 11. The molecule has 13 aromatic carbocycles. The lowest BCUT2D eigenvalue weighted by atomic mass is 9.33. The Labute approximate surface area is 526 Å². The number of fused-ring (bicyclic) bond motifs is 6. The third-order valence-electron chi connectivity index (χ3n) is 19.6. The van der Waals surface area contributed by atoms with Crippen molar-refractivity contribution in [3.63, 3.8) is 0 Å². The van der Waals surface area contributed by atoms with Gasteiger partial charge in [-0.1, -0.05) is 292 Å². The van der Waals surface area contributed by atoms with Crippen molar-refractivity contribution in [1.82, 2.24) is 0 Å². The first-order valence-electron chi connectivity index (χ1n) is 31.3. The van der Waals surface area contributed by atoms with Crippen LogP contribution < -0.4 is 72.6 Å². The molecule has 0 N–H and O–H groups in total. The van der Waals surface area contributed by atoms with E-state index in [-0.39, 0.29) is 12.1 Å². The monoisotopic (exact) mass is 1170 g/mol. The van der Waals surface area contributed by atoms with Gasteiger partial charge >= 0.3 is 0 Å². The molecule has 0 atom stereocenters. The van der Waals surface area contributed by atoms with Crippen LogP contribution in [0, 0.1) is 13.8 Å². The molecule has 3 heterocycles. The van der Waals surface area contributed by atoms with Crippen LogP contribution in [0.2, 0.25) is 0 Å². The Balaban J connectivity index is 1.02. The first-order valence-corrected chi connectivity index (χ1v) is 35.3. The Morgan fingerprint density at radius 1 is 0.258 bits per heavy atom. The van der Waals surface area contributed by atoms with E-state index in [1.165, 1.54) is 103 Å². The van der Waals surface area contributed by atoms with Gasteiger partial charge in [0.25, 0.3) is 6.71 Å². The van der Waals surface area contributed by atoms with Crippen LogP contribution in [0.5, 0.6) is 0 Å². The number of anilines is 9. The summed E-state index contributed by atoms with van der Waals surface area (Å²) in [5.41, 5.74) is 19.1. The molecule has 0 aliphatic carbocycles. The summed E-state index contributed by atoms with van der Waals surface area (Å²) < 4.78 is 0. The summed E-state index contributed by atoms with van der Waals surface area (Å²) >= 11 is 0. The number of aryl methyl sites for hydroxylation is 2. The molecular weight excluding hydrogens is 1110 g/mol. The van der Waals surface area contributed by atoms with Gasteiger partial charge in [-0.2, -0.15) is 0 Å². The second-order valence-corrected chi connectivity index (χ2v) is 32.5. The predicted molar refractivity (Wildman–Crippen MR) is 384 cm³/mol. The van der Waals surface area contributed by atoms with E-state index < -0.39 is 16.1 Å². The van der Waals surface area contributed by atoms with Gasteiger partial charge in [-0.15, -0.1) is 0 Å². The zero-order chi connectivity index (χ0) is 59.8. The first-order chi connectivity index (χ1) is 43.7. The van der Waals surface area contributed by atoms with E-state index in [4.69, 9.17) is 0 Å². The van der Waals surface area contributed by atoms with Gasteiger partial charge in [0.15, 0.2) is 16.1 Å². The second-order valence-electron chi connectivity index (χ2n) is 24.9. The average molecular weight is 1170 g/mol. The van der Waals surface area contributed by atoms with E-state index in [0.717, 1.165) is 28.4 Å². The topological polar surface area (TPSA) is 9.72 Å². The van der Waals surface area contributed by atoms with Crippen LogP contribution in [0.4, 0.5) is 51.2 Å². The minimum Gasteiger partial charge on any atom is -0.311 e. The van der Waals surface area contributed by atoms with Crippen molar-refractivity contribution in [3.05, 3.63) is 350 Å². The van der Waals surface area contributed by atoms with Crippen LogP contribution >= 0.6 is 0 Å². The zero-order valence-electron chi connectivity index (χ0n) is 50.6. The quantitative estimate of drug-likeness (QED) is 0.0944. The molecule has 0 unspecified atom stereocenters. The number of para-hydroxylation sites is 2. The van der Waals surface area contributed by atoms with Gasteiger partial charge < -0.3 is 14.7 Å². The van der Waals surface area contributed by atoms with Crippen molar-refractivity contribution in [2.45, 2.75) is 33.1 Å². The predicted octanol–water partition coefficient (Wildman–Crippen LogP) is 13.2. The molecule has 89 heavy (non-hydrogen) atoms. The fraction of sp³-hybridized carbons (Fsp3) is 0.0602. The van der Waals surface area contributed by atoms with Gasteiger partial charge in [-0.25, -0.2) is 0 Å². The van der Waals surface area contributed by atoms with Gasteiger partial charge in [0.05, 0.1) is 17.1 Å². The maximum Gasteiger partial charge on any atom is 0.252 e. The molecule has 0 saturated carbocycles. The highest BCUT2D eigenvalue weighted by Crippen LogP contribution is 2.54. The number of hydrogen-bond acceptors (Lipinski definition) is 3. The van der Waals surface area contributed by atoms with Crippen LogP contribution in [-0.2, 0) is 5.41 Å². The van der Waals surface area contributed by atoms with E-state index in [0.29, 0.717) is 0 Å². The van der Waals surface area contributed by atoms with Gasteiger partial charge in [0, 0.05) is 39.5 Å². The van der Waals surface area contributed by atoms with E-state index in [2.05, 4.69) is 370 Å². The molecule has 13 aromatic rings. The van der Waals surface area contributed by atoms with Crippen LogP contribution in [-0.4, -0.2) is 22.9 Å². The van der Waals surface area contributed by atoms with E-state index >= 15 is 0 Å². The highest BCUT2D eigenvalue weighted by Gasteiger charge is 2.48. The lowest BCUT2D eigenvalue weighted by molar-refractivity contribution is 0.632. The number of nitrogens with zero attached hydrogens (tertiary/aromatic N) is 3. The molecule has 0 aromatic heterocycles. The van der Waals surface area contributed by atoms with Crippen LogP contribution in [0.25, 0.3) is 0 Å². The van der Waals surface area contributed by atoms with Gasteiger partial charge in [-0.3, -0.25) is 0 Å². The Kier molecular flexibility index (Phi) is 13.1. The van der Waals surface area contributed by atoms with Crippen molar-refractivity contribution in [2.24, 2.45) is 0 Å². The Hall–Kier alpha value is -10.2. The summed E-state index contributed by atoms with van der Waals surface area (Å²) in [6, 6.07) is 125. The molecule has 0 bridgehead atoms. The molecule has 0 saturated heterocycles. The highest BCUT2D eigenvalue weighted by molar-refractivity contribution is 7.20. The third kappa shape index (κ3) is 8.45. The van der Waals surface area contributed by atoms with Gasteiger partial charge in [0.1, 0.15) is 0 Å². The second kappa shape index (κ2) is 21.6. The smallest absolute Gasteiger partial charge is 0.252 e. The summed E-state index contributed by atoms with van der Waals surface area (Å²) in [5.74, 6) is 0. The number of hydrogen-bond donors (Lipinski definition) is 0. The number of benzene rings is 13. The van der Waals surface area contributed by atoms with Crippen molar-refractivity contribution in [3.8, 4) is 0 Å². The fourth-order valence-electron chi connectivity index (χ4n) is 15.7. The van der Waals surface area contributed by atoms with Crippen LogP contribution in [0.15, 0.2) is 328 Å². The molecule has 0 fully saturated rings. The maximum atomic E-state index is 2.64. The summed E-state index contributed by atoms with van der Waals surface area (Å²) in [6.45, 7) is 9.21. The van der Waals surface area contributed by atoms with Crippen molar-refractivity contribution < 1.29 is 0 Å². The molecule has 3 nitrogen and oxygen atoms in total. The standard InChI is InChI=1S/C83H66BN3Si2/c1-59-49-51-78-74(53-59)84-75-54-60(2)50-52-79(75)86(62-30-28-44-71(56-62)89(67-37-17-8-18-38-67,68-39-19-9-20-40-68)69-41-21-10-22-42-69)81-58-63(87-76-47-25-23-45-72(76)83(3,4)73-46-24-26-48-77(73)87)57-80(82(81)84)85(78)61-29-27-43-70(55-61)88(64-31-11-5-12-32-64,65-33-13-6-14-34-65)66-35-15-7-16-36-66/h5-58H,1-4H3. The molecule has 6 heteroatoms. The maximum absolute atomic E-state index is 2.98. The van der Waals surface area contributed by atoms with Crippen LogP contribution in [0.1, 0.15) is 36.1 Å². The first kappa shape index (κ1) is 54.2. The third-order valence-corrected chi connectivity index (χ3v) is 29.1. The van der Waals surface area contributed by atoms with Crippen molar-refractivity contribution in [2.75, 3.05) is 14.7 Å². The zero-order valence-corrected chi connectivity index (χ0v) is 52.6. The van der Waals surface area contributed by atoms with Gasteiger partial charge in [-0.05, 0) is 144 Å². The molecule has 0 radical (unpaired) electrons. The molecule has 0 spiro atoms. The Morgan fingerprint density at radius 3 is 0.910 bits per heavy atom. The normalized spacial score (nSPS) is 13.6. The molecule has 424 valence electrons. The van der Waals surface area contributed by atoms with E-state index in [9.17, 15) is 0 Å². The van der Waals surface area contributed by atoms with Gasteiger partial charge in [0.2, 0.25) is 0 Å². The molecule has 0 amide bonds. The Bertz CT molecular complexity index is 4320. The van der Waals surface area contributed by atoms with E-state index in [1.54, 1.807) is 0 Å². The highest BCUT2D eigenvalue weighted by atomic mass is 28.3. The lowest BCUT2D eigenvalue weighted by Gasteiger charge is -2.46. The van der Waals surface area contributed by atoms with Crippen molar-refractivity contribution in [1.29, 1.82) is 0 Å². The molecular formula is C83H66BN3Si2.